The Bertz CT molecular complexity index is 2750. The van der Waals surface area contributed by atoms with E-state index in [9.17, 15) is 0 Å². The number of aryl methyl sites for hydroxylation is 2. The average molecular weight is 665 g/mol. The van der Waals surface area contributed by atoms with Crippen LogP contribution in [0.2, 0.25) is 0 Å². The van der Waals surface area contributed by atoms with Crippen molar-refractivity contribution in [1.29, 1.82) is 0 Å². The predicted molar refractivity (Wildman–Crippen MR) is 221 cm³/mol. The van der Waals surface area contributed by atoms with Crippen LogP contribution >= 0.6 is 0 Å². The number of nitrogens with zero attached hydrogens (tertiary/aromatic N) is 2. The molecule has 0 atom stereocenters. The molecule has 0 amide bonds. The number of fused-ring (bicyclic) bond motifs is 6. The summed E-state index contributed by atoms with van der Waals surface area (Å²) >= 11 is 0. The number of hydrogen-bond acceptors (Lipinski definition) is 0. The highest BCUT2D eigenvalue weighted by molar-refractivity contribution is 6.11. The third kappa shape index (κ3) is 4.80. The lowest BCUT2D eigenvalue weighted by molar-refractivity contribution is 1.18. The van der Waals surface area contributed by atoms with Gasteiger partial charge in [-0.15, -0.1) is 0 Å². The molecule has 2 nitrogen and oxygen atoms in total. The summed E-state index contributed by atoms with van der Waals surface area (Å²) in [5, 5.41) is 5.08. The summed E-state index contributed by atoms with van der Waals surface area (Å²) in [6.45, 7) is 4.37. The number of rotatable bonds is 5. The molecule has 0 fully saturated rings. The molecule has 2 heterocycles. The molecule has 0 unspecified atom stereocenters. The maximum absolute atomic E-state index is 2.39. The van der Waals surface area contributed by atoms with Crippen molar-refractivity contribution in [1.82, 2.24) is 9.13 Å². The molecule has 0 N–H and O–H groups in total. The van der Waals surface area contributed by atoms with Gasteiger partial charge in [-0.25, -0.2) is 0 Å². The number of aromatic nitrogens is 2. The fraction of sp³-hybridized carbons (Fsp3) is 0.0400. The lowest BCUT2D eigenvalue weighted by Crippen LogP contribution is -1.95. The van der Waals surface area contributed by atoms with E-state index in [1.807, 2.05) is 0 Å². The predicted octanol–water partition coefficient (Wildman–Crippen LogP) is 13.5. The monoisotopic (exact) mass is 664 g/mol. The maximum Gasteiger partial charge on any atom is 0.0541 e. The van der Waals surface area contributed by atoms with Crippen LogP contribution in [0, 0.1) is 13.8 Å². The van der Waals surface area contributed by atoms with E-state index < -0.39 is 0 Å². The van der Waals surface area contributed by atoms with Crippen molar-refractivity contribution in [2.75, 3.05) is 0 Å². The first-order valence-corrected chi connectivity index (χ1v) is 18.0. The summed E-state index contributed by atoms with van der Waals surface area (Å²) in [5.74, 6) is 0. The molecule has 10 rings (SSSR count). The second-order valence-corrected chi connectivity index (χ2v) is 13.9. The van der Waals surface area contributed by atoms with E-state index in [1.54, 1.807) is 0 Å². The minimum atomic E-state index is 1.16. The largest absolute Gasteiger partial charge is 0.309 e. The van der Waals surface area contributed by atoms with Gasteiger partial charge in [-0.05, 0) is 119 Å². The normalized spacial score (nSPS) is 11.7. The first kappa shape index (κ1) is 30.2. The molecule has 2 aromatic heterocycles. The zero-order valence-corrected chi connectivity index (χ0v) is 29.2. The van der Waals surface area contributed by atoms with Crippen molar-refractivity contribution >= 4 is 43.6 Å². The lowest BCUT2D eigenvalue weighted by atomic mass is 9.99. The Morgan fingerprint density at radius 3 is 1.06 bits per heavy atom. The van der Waals surface area contributed by atoms with Crippen LogP contribution in [-0.4, -0.2) is 9.13 Å². The van der Waals surface area contributed by atoms with Gasteiger partial charge in [0.2, 0.25) is 0 Å². The molecule has 246 valence electrons. The Hall–Kier alpha value is -6.64. The quantitative estimate of drug-likeness (QED) is 0.173. The number of hydrogen-bond donors (Lipinski definition) is 0. The second kappa shape index (κ2) is 12.0. The van der Waals surface area contributed by atoms with Crippen LogP contribution < -0.4 is 0 Å². The third-order valence-corrected chi connectivity index (χ3v) is 10.8. The van der Waals surface area contributed by atoms with E-state index >= 15 is 0 Å². The third-order valence-electron chi connectivity index (χ3n) is 10.8. The van der Waals surface area contributed by atoms with E-state index in [0.717, 1.165) is 11.4 Å². The smallest absolute Gasteiger partial charge is 0.0541 e. The van der Waals surface area contributed by atoms with Crippen molar-refractivity contribution in [3.8, 4) is 44.8 Å². The minimum absolute atomic E-state index is 1.16. The van der Waals surface area contributed by atoms with E-state index in [4.69, 9.17) is 0 Å². The van der Waals surface area contributed by atoms with Crippen LogP contribution in [0.4, 0.5) is 0 Å². The Morgan fingerprint density at radius 2 is 0.635 bits per heavy atom. The van der Waals surface area contributed by atoms with Gasteiger partial charge >= 0.3 is 0 Å². The molecule has 8 aromatic carbocycles. The van der Waals surface area contributed by atoms with E-state index in [0.29, 0.717) is 0 Å². The van der Waals surface area contributed by atoms with Crippen LogP contribution in [0.1, 0.15) is 11.1 Å². The highest BCUT2D eigenvalue weighted by Crippen LogP contribution is 2.38. The van der Waals surface area contributed by atoms with Gasteiger partial charge < -0.3 is 9.13 Å². The van der Waals surface area contributed by atoms with Crippen LogP contribution in [0.25, 0.3) is 88.4 Å². The van der Waals surface area contributed by atoms with Crippen LogP contribution in [0.5, 0.6) is 0 Å². The van der Waals surface area contributed by atoms with Gasteiger partial charge in [0.25, 0.3) is 0 Å². The van der Waals surface area contributed by atoms with Gasteiger partial charge in [-0.2, -0.15) is 0 Å². The first-order chi connectivity index (χ1) is 25.6. The number of benzene rings is 8. The van der Waals surface area contributed by atoms with Gasteiger partial charge in [0.1, 0.15) is 0 Å². The fourth-order valence-electron chi connectivity index (χ4n) is 8.24. The molecule has 2 heteroatoms. The molecule has 0 aliphatic rings. The summed E-state index contributed by atoms with van der Waals surface area (Å²) < 4.78 is 4.79. The molecular formula is C50H36N2. The Morgan fingerprint density at radius 1 is 0.288 bits per heavy atom. The van der Waals surface area contributed by atoms with Crippen molar-refractivity contribution < 1.29 is 0 Å². The Kier molecular flexibility index (Phi) is 6.97. The molecule has 0 spiro atoms. The maximum atomic E-state index is 2.39. The van der Waals surface area contributed by atoms with Crippen LogP contribution in [0.3, 0.4) is 0 Å². The van der Waals surface area contributed by atoms with Crippen molar-refractivity contribution in [3.63, 3.8) is 0 Å². The molecule has 0 saturated carbocycles. The number of para-hydroxylation sites is 2. The Balaban J connectivity index is 1.01. The summed E-state index contributed by atoms with van der Waals surface area (Å²) in [7, 11) is 0. The molecule has 0 radical (unpaired) electrons. The second-order valence-electron chi connectivity index (χ2n) is 13.9. The van der Waals surface area contributed by atoms with Crippen molar-refractivity contribution in [2.24, 2.45) is 0 Å². The van der Waals surface area contributed by atoms with Crippen LogP contribution in [0.15, 0.2) is 182 Å². The van der Waals surface area contributed by atoms with Crippen molar-refractivity contribution in [3.05, 3.63) is 193 Å². The molecule has 0 aliphatic carbocycles. The molecule has 10 aromatic rings. The van der Waals surface area contributed by atoms with E-state index in [1.165, 1.54) is 88.1 Å². The fourth-order valence-corrected chi connectivity index (χ4v) is 8.24. The standard InChI is InChI=1S/C50H36N2/c1-33-11-3-5-13-41(33)37-23-29-49-45(31-37)43-15-7-9-17-47(43)51(49)39-25-19-35(20-26-39)36-21-27-40(28-22-36)52-48-18-10-8-16-44(48)46-32-38(24-30-50(46)52)42-14-6-4-12-34(42)2/h3-32H,1-2H3. The molecular weight excluding hydrogens is 629 g/mol. The van der Waals surface area contributed by atoms with Crippen LogP contribution in [-0.2, 0) is 0 Å². The van der Waals surface area contributed by atoms with Crippen molar-refractivity contribution in [2.45, 2.75) is 13.8 Å². The lowest BCUT2D eigenvalue weighted by Gasteiger charge is -2.12. The average Bonchev–Trinajstić information content (AvgIpc) is 3.71. The minimum Gasteiger partial charge on any atom is -0.309 e. The molecule has 0 bridgehead atoms. The highest BCUT2D eigenvalue weighted by atomic mass is 15.0. The zero-order valence-electron chi connectivity index (χ0n) is 29.2. The van der Waals surface area contributed by atoms with Gasteiger partial charge in [-0.3, -0.25) is 0 Å². The Labute approximate surface area is 303 Å². The summed E-state index contributed by atoms with van der Waals surface area (Å²) in [6.07, 6.45) is 0. The first-order valence-electron chi connectivity index (χ1n) is 18.0. The molecule has 52 heavy (non-hydrogen) atoms. The zero-order chi connectivity index (χ0) is 34.8. The summed E-state index contributed by atoms with van der Waals surface area (Å²) in [4.78, 5) is 0. The molecule has 0 aliphatic heterocycles. The van der Waals surface area contributed by atoms with E-state index in [-0.39, 0.29) is 0 Å². The van der Waals surface area contributed by atoms with E-state index in [2.05, 4.69) is 205 Å². The van der Waals surface area contributed by atoms with Gasteiger partial charge in [0, 0.05) is 32.9 Å². The molecule has 0 saturated heterocycles. The summed E-state index contributed by atoms with van der Waals surface area (Å²) in [5.41, 5.74) is 17.2. The summed E-state index contributed by atoms with van der Waals surface area (Å²) in [6, 6.07) is 66.6. The highest BCUT2D eigenvalue weighted by Gasteiger charge is 2.16. The SMILES string of the molecule is Cc1ccccc1-c1ccc2c(c1)c1ccccc1n2-c1ccc(-c2ccc(-n3c4ccccc4c4cc(-c5ccccc5C)ccc43)cc2)cc1. The van der Waals surface area contributed by atoms with Gasteiger partial charge in [-0.1, -0.05) is 121 Å². The van der Waals surface area contributed by atoms with Gasteiger partial charge in [0.15, 0.2) is 0 Å². The topological polar surface area (TPSA) is 9.86 Å². The van der Waals surface area contributed by atoms with Gasteiger partial charge in [0.05, 0.1) is 22.1 Å².